The predicted octanol–water partition coefficient (Wildman–Crippen LogP) is 3.94. The molecule has 0 saturated carbocycles. The van der Waals surface area contributed by atoms with Gasteiger partial charge in [0.25, 0.3) is 0 Å². The molecule has 0 saturated heterocycles. The van der Waals surface area contributed by atoms with E-state index < -0.39 is 5.60 Å². The normalized spacial score (nSPS) is 13.0. The lowest BCUT2D eigenvalue weighted by molar-refractivity contribution is 0.0519. The SMILES string of the molecule is Cc1ccc(C)c(CNC(CNC(=O)OC(C)(C)C)C(C)C)c1. The summed E-state index contributed by atoms with van der Waals surface area (Å²) in [6, 6.07) is 6.68. The van der Waals surface area contributed by atoms with Gasteiger partial charge < -0.3 is 15.4 Å². The van der Waals surface area contributed by atoms with Crippen LogP contribution in [0.3, 0.4) is 0 Å². The third kappa shape index (κ3) is 7.51. The number of aryl methyl sites for hydroxylation is 2. The fourth-order valence-corrected chi connectivity index (χ4v) is 2.28. The summed E-state index contributed by atoms with van der Waals surface area (Å²) in [5.74, 6) is 0.412. The summed E-state index contributed by atoms with van der Waals surface area (Å²) in [7, 11) is 0. The number of rotatable bonds is 6. The Labute approximate surface area is 141 Å². The molecular weight excluding hydrogens is 288 g/mol. The van der Waals surface area contributed by atoms with E-state index in [1.165, 1.54) is 16.7 Å². The van der Waals surface area contributed by atoms with Crippen LogP contribution in [0.2, 0.25) is 0 Å². The van der Waals surface area contributed by atoms with Crippen LogP contribution in [0.25, 0.3) is 0 Å². The fourth-order valence-electron chi connectivity index (χ4n) is 2.28. The lowest BCUT2D eigenvalue weighted by Gasteiger charge is -2.25. The van der Waals surface area contributed by atoms with Crippen molar-refractivity contribution < 1.29 is 9.53 Å². The summed E-state index contributed by atoms with van der Waals surface area (Å²) in [4.78, 5) is 11.8. The fraction of sp³-hybridized carbons (Fsp3) is 0.632. The van der Waals surface area contributed by atoms with Crippen LogP contribution in [0.1, 0.15) is 51.3 Å². The van der Waals surface area contributed by atoms with Gasteiger partial charge in [0.05, 0.1) is 0 Å². The standard InChI is InChI=1S/C19H32N2O2/c1-13(2)17(12-21-18(22)23-19(5,6)7)20-11-16-10-14(3)8-9-15(16)4/h8-10,13,17,20H,11-12H2,1-7H3,(H,21,22). The van der Waals surface area contributed by atoms with Gasteiger partial charge in [0, 0.05) is 19.1 Å². The van der Waals surface area contributed by atoms with Crippen molar-refractivity contribution in [3.05, 3.63) is 34.9 Å². The largest absolute Gasteiger partial charge is 0.444 e. The molecule has 0 fully saturated rings. The first-order valence-corrected chi connectivity index (χ1v) is 8.35. The van der Waals surface area contributed by atoms with Crippen LogP contribution >= 0.6 is 0 Å². The molecule has 0 aliphatic heterocycles. The lowest BCUT2D eigenvalue weighted by atomic mass is 10.0. The van der Waals surface area contributed by atoms with Gasteiger partial charge in [-0.2, -0.15) is 0 Å². The first-order chi connectivity index (χ1) is 10.6. The summed E-state index contributed by atoms with van der Waals surface area (Å²) in [5, 5.41) is 6.41. The molecule has 0 spiro atoms. The minimum Gasteiger partial charge on any atom is -0.444 e. The molecule has 1 atom stereocenters. The van der Waals surface area contributed by atoms with Crippen LogP contribution in [0, 0.1) is 19.8 Å². The van der Waals surface area contributed by atoms with E-state index in [1.807, 2.05) is 20.8 Å². The number of nitrogens with one attached hydrogen (secondary N) is 2. The Bertz CT molecular complexity index is 519. The molecule has 0 aromatic heterocycles. The van der Waals surface area contributed by atoms with Gasteiger partial charge >= 0.3 is 6.09 Å². The molecule has 1 unspecified atom stereocenters. The van der Waals surface area contributed by atoms with E-state index in [-0.39, 0.29) is 12.1 Å². The van der Waals surface area contributed by atoms with E-state index in [0.29, 0.717) is 12.5 Å². The van der Waals surface area contributed by atoms with Gasteiger partial charge in [0.2, 0.25) is 0 Å². The molecule has 1 aromatic rings. The zero-order valence-corrected chi connectivity index (χ0v) is 15.6. The van der Waals surface area contributed by atoms with E-state index in [1.54, 1.807) is 0 Å². The van der Waals surface area contributed by atoms with Crippen molar-refractivity contribution in [3.63, 3.8) is 0 Å². The summed E-state index contributed by atoms with van der Waals surface area (Å²) in [6.07, 6.45) is -0.364. The summed E-state index contributed by atoms with van der Waals surface area (Å²) in [5.41, 5.74) is 3.38. The average molecular weight is 320 g/mol. The van der Waals surface area contributed by atoms with E-state index in [2.05, 4.69) is 56.5 Å². The van der Waals surface area contributed by atoms with E-state index in [9.17, 15) is 4.79 Å². The molecular formula is C19H32N2O2. The number of carbonyl (C=O) groups is 1. The number of hydrogen-bond donors (Lipinski definition) is 2. The maximum absolute atomic E-state index is 11.8. The van der Waals surface area contributed by atoms with Crippen LogP contribution in [0.4, 0.5) is 4.79 Å². The van der Waals surface area contributed by atoms with E-state index in [4.69, 9.17) is 4.74 Å². The Morgan fingerprint density at radius 1 is 1.22 bits per heavy atom. The van der Waals surface area contributed by atoms with Gasteiger partial charge in [-0.05, 0) is 51.7 Å². The highest BCUT2D eigenvalue weighted by molar-refractivity contribution is 5.67. The van der Waals surface area contributed by atoms with Crippen molar-refractivity contribution in [1.82, 2.24) is 10.6 Å². The molecule has 2 N–H and O–H groups in total. The molecule has 0 heterocycles. The Kier molecular flexibility index (Phi) is 7.07. The number of carbonyl (C=O) groups excluding carboxylic acids is 1. The highest BCUT2D eigenvalue weighted by atomic mass is 16.6. The lowest BCUT2D eigenvalue weighted by Crippen LogP contribution is -2.45. The molecule has 1 aromatic carbocycles. The summed E-state index contributed by atoms with van der Waals surface area (Å²) >= 11 is 0. The minimum absolute atomic E-state index is 0.197. The van der Waals surface area contributed by atoms with Crippen LogP contribution in [-0.2, 0) is 11.3 Å². The highest BCUT2D eigenvalue weighted by Gasteiger charge is 2.19. The second kappa shape index (κ2) is 8.34. The smallest absolute Gasteiger partial charge is 0.407 e. The minimum atomic E-state index is -0.469. The molecule has 0 bridgehead atoms. The molecule has 0 aliphatic carbocycles. The molecule has 130 valence electrons. The van der Waals surface area contributed by atoms with Crippen LogP contribution in [-0.4, -0.2) is 24.3 Å². The first-order valence-electron chi connectivity index (χ1n) is 8.35. The number of alkyl carbamates (subject to hydrolysis) is 1. The summed E-state index contributed by atoms with van der Waals surface area (Å²) < 4.78 is 5.29. The van der Waals surface area contributed by atoms with Crippen molar-refractivity contribution in [2.24, 2.45) is 5.92 Å². The van der Waals surface area contributed by atoms with Crippen LogP contribution < -0.4 is 10.6 Å². The zero-order chi connectivity index (χ0) is 17.6. The van der Waals surface area contributed by atoms with Crippen molar-refractivity contribution in [3.8, 4) is 0 Å². The maximum atomic E-state index is 11.8. The number of benzene rings is 1. The highest BCUT2D eigenvalue weighted by Crippen LogP contribution is 2.12. The van der Waals surface area contributed by atoms with Crippen molar-refractivity contribution in [2.75, 3.05) is 6.54 Å². The summed E-state index contributed by atoms with van der Waals surface area (Å²) in [6.45, 7) is 15.5. The second-order valence-corrected chi connectivity index (χ2v) is 7.54. The number of amides is 1. The Balaban J connectivity index is 2.56. The van der Waals surface area contributed by atoms with Crippen molar-refractivity contribution in [1.29, 1.82) is 0 Å². The average Bonchev–Trinajstić information content (AvgIpc) is 2.40. The Morgan fingerprint density at radius 3 is 2.43 bits per heavy atom. The molecule has 1 rings (SSSR count). The Hall–Kier alpha value is -1.55. The third-order valence-electron chi connectivity index (χ3n) is 3.73. The van der Waals surface area contributed by atoms with Crippen molar-refractivity contribution in [2.45, 2.75) is 66.7 Å². The molecule has 4 heteroatoms. The monoisotopic (exact) mass is 320 g/mol. The first kappa shape index (κ1) is 19.5. The van der Waals surface area contributed by atoms with Gasteiger partial charge in [0.15, 0.2) is 0 Å². The third-order valence-corrected chi connectivity index (χ3v) is 3.73. The number of ether oxygens (including phenoxy) is 1. The molecule has 4 nitrogen and oxygen atoms in total. The van der Waals surface area contributed by atoms with Gasteiger partial charge in [-0.1, -0.05) is 37.6 Å². The van der Waals surface area contributed by atoms with Gasteiger partial charge in [-0.3, -0.25) is 0 Å². The predicted molar refractivity (Wildman–Crippen MR) is 95.6 cm³/mol. The van der Waals surface area contributed by atoms with E-state index in [0.717, 1.165) is 6.54 Å². The van der Waals surface area contributed by atoms with Crippen LogP contribution in [0.15, 0.2) is 18.2 Å². The Morgan fingerprint density at radius 2 is 1.87 bits per heavy atom. The molecule has 23 heavy (non-hydrogen) atoms. The van der Waals surface area contributed by atoms with Gasteiger partial charge in [0.1, 0.15) is 5.60 Å². The topological polar surface area (TPSA) is 50.4 Å². The zero-order valence-electron chi connectivity index (χ0n) is 15.6. The van der Waals surface area contributed by atoms with E-state index >= 15 is 0 Å². The molecule has 1 amide bonds. The quantitative estimate of drug-likeness (QED) is 0.834. The molecule has 0 radical (unpaired) electrons. The maximum Gasteiger partial charge on any atom is 0.407 e. The second-order valence-electron chi connectivity index (χ2n) is 7.54. The van der Waals surface area contributed by atoms with Crippen LogP contribution in [0.5, 0.6) is 0 Å². The number of hydrogen-bond acceptors (Lipinski definition) is 3. The van der Waals surface area contributed by atoms with Gasteiger partial charge in [-0.25, -0.2) is 4.79 Å². The van der Waals surface area contributed by atoms with Gasteiger partial charge in [-0.15, -0.1) is 0 Å². The van der Waals surface area contributed by atoms with Crippen molar-refractivity contribution >= 4 is 6.09 Å². The molecule has 0 aliphatic rings.